The number of rotatable bonds is 3. The highest BCUT2D eigenvalue weighted by molar-refractivity contribution is 8.91. The molecule has 4 heteroatoms. The van der Waals surface area contributed by atoms with E-state index >= 15 is 0 Å². The van der Waals surface area contributed by atoms with Crippen LogP contribution in [0, 0.1) is 0 Å². The van der Waals surface area contributed by atoms with Gasteiger partial charge in [-0.2, -0.15) is 34.3 Å². The molecule has 0 saturated carbocycles. The molecule has 11 heavy (non-hydrogen) atoms. The van der Waals surface area contributed by atoms with E-state index in [-0.39, 0.29) is 0 Å². The average Bonchev–Trinajstić information content (AvgIpc) is 1.84. The molecule has 0 radical (unpaired) electrons. The zero-order valence-corrected chi connectivity index (χ0v) is 11.0. The normalized spacial score (nSPS) is 25.8. The maximum absolute atomic E-state index is 4.73. The van der Waals surface area contributed by atoms with Gasteiger partial charge in [0.25, 0.3) is 0 Å². The fourth-order valence-electron chi connectivity index (χ4n) is 1.07. The van der Waals surface area contributed by atoms with Crippen LogP contribution in [-0.2, 0) is 0 Å². The molecule has 0 aliphatic carbocycles. The highest BCUT2D eigenvalue weighted by Crippen LogP contribution is 2.66. The van der Waals surface area contributed by atoms with Crippen LogP contribution in [0.1, 0.15) is 27.7 Å². The van der Waals surface area contributed by atoms with E-state index in [4.69, 9.17) is 11.7 Å². The summed E-state index contributed by atoms with van der Waals surface area (Å²) in [5, 5.41) is 0.575. The van der Waals surface area contributed by atoms with Crippen molar-refractivity contribution >= 4 is 46.0 Å². The van der Waals surface area contributed by atoms with Crippen molar-refractivity contribution < 1.29 is 0 Å². The first-order chi connectivity index (χ1) is 4.83. The van der Waals surface area contributed by atoms with E-state index in [2.05, 4.69) is 53.0 Å². The molecule has 0 aromatic carbocycles. The van der Waals surface area contributed by atoms with Crippen molar-refractivity contribution in [3.05, 3.63) is 0 Å². The lowest BCUT2D eigenvalue weighted by Crippen LogP contribution is -2.20. The van der Waals surface area contributed by atoms with Crippen LogP contribution in [0.3, 0.4) is 0 Å². The number of hydrogen-bond acceptors (Lipinski definition) is 3. The minimum Gasteiger partial charge on any atom is -0.170 e. The summed E-state index contributed by atoms with van der Waals surface area (Å²) >= 11 is 13.7. The Balaban J connectivity index is 4.53. The van der Waals surface area contributed by atoms with Crippen LogP contribution in [0.25, 0.3) is 0 Å². The SMILES string of the molecule is CC(C)S(S)(C(C)S)C(C)S. The van der Waals surface area contributed by atoms with Crippen molar-refractivity contribution in [2.45, 2.75) is 42.1 Å². The van der Waals surface area contributed by atoms with Gasteiger partial charge in [-0.05, 0) is 19.1 Å². The van der Waals surface area contributed by atoms with Gasteiger partial charge in [-0.1, -0.05) is 13.8 Å². The molecule has 70 valence electrons. The molecule has 0 rings (SSSR count). The molecule has 0 heterocycles. The largest absolute Gasteiger partial charge is 0.170 e. The van der Waals surface area contributed by atoms with E-state index in [1.54, 1.807) is 0 Å². The first kappa shape index (κ1) is 12.4. The number of hydrogen-bond donors (Lipinski definition) is 3. The maximum Gasteiger partial charge on any atom is 0.0381 e. The van der Waals surface area contributed by atoms with Gasteiger partial charge >= 0.3 is 0 Å². The summed E-state index contributed by atoms with van der Waals surface area (Å²) in [5.41, 5.74) is 0. The highest BCUT2D eigenvalue weighted by atomic mass is 33.1. The summed E-state index contributed by atoms with van der Waals surface area (Å²) < 4.78 is 0.691. The third-order valence-corrected chi connectivity index (χ3v) is 11.8. The summed E-state index contributed by atoms with van der Waals surface area (Å²) in [6.07, 6.45) is 0. The molecule has 0 aromatic heterocycles. The molecular weight excluding hydrogens is 212 g/mol. The van der Waals surface area contributed by atoms with Gasteiger partial charge in [0.05, 0.1) is 0 Å². The third-order valence-electron chi connectivity index (χ3n) is 1.85. The zero-order valence-electron chi connectivity index (χ0n) is 7.48. The molecule has 0 aliphatic rings. The van der Waals surface area contributed by atoms with Crippen LogP contribution >= 0.6 is 46.0 Å². The Morgan fingerprint density at radius 1 is 0.909 bits per heavy atom. The second-order valence-corrected chi connectivity index (χ2v) is 10.9. The van der Waals surface area contributed by atoms with Crippen molar-refractivity contribution in [2.75, 3.05) is 0 Å². The lowest BCUT2D eigenvalue weighted by molar-refractivity contribution is 1.07. The Labute approximate surface area is 87.9 Å². The molecule has 0 saturated heterocycles. The molecule has 0 aliphatic heterocycles. The molecule has 2 unspecified atom stereocenters. The van der Waals surface area contributed by atoms with Gasteiger partial charge in [-0.3, -0.25) is 0 Å². The van der Waals surface area contributed by atoms with Crippen molar-refractivity contribution in [3.63, 3.8) is 0 Å². The van der Waals surface area contributed by atoms with E-state index in [1.807, 2.05) is 0 Å². The molecule has 0 aromatic rings. The van der Waals surface area contributed by atoms with Gasteiger partial charge in [-0.15, -0.1) is 11.7 Å². The molecule has 0 nitrogen and oxygen atoms in total. The van der Waals surface area contributed by atoms with Crippen LogP contribution in [0.5, 0.6) is 0 Å². The molecule has 0 N–H and O–H groups in total. The Morgan fingerprint density at radius 2 is 1.18 bits per heavy atom. The maximum atomic E-state index is 4.73. The van der Waals surface area contributed by atoms with Crippen LogP contribution in [-0.4, -0.2) is 14.4 Å². The van der Waals surface area contributed by atoms with E-state index in [0.29, 0.717) is 14.4 Å². The third kappa shape index (κ3) is 2.68. The standard InChI is InChI=1S/C7H18S4/c1-5(2)11(10,6(3)8)7(4)9/h5-10H,1-4H3. The zero-order chi connectivity index (χ0) is 9.23. The van der Waals surface area contributed by atoms with Gasteiger partial charge in [0, 0.05) is 9.16 Å². The Morgan fingerprint density at radius 3 is 1.18 bits per heavy atom. The van der Waals surface area contributed by atoms with Gasteiger partial charge in [-0.25, -0.2) is 0 Å². The summed E-state index contributed by atoms with van der Waals surface area (Å²) in [6.45, 7) is 8.61. The van der Waals surface area contributed by atoms with Gasteiger partial charge < -0.3 is 0 Å². The Bertz CT molecular complexity index is 97.8. The fraction of sp³-hybridized carbons (Fsp3) is 1.00. The molecule has 2 atom stereocenters. The fourth-order valence-corrected chi connectivity index (χ4v) is 6.06. The molecule has 0 amide bonds. The Kier molecular flexibility index (Phi) is 5.17. The highest BCUT2D eigenvalue weighted by Gasteiger charge is 2.31. The van der Waals surface area contributed by atoms with Crippen LogP contribution < -0.4 is 0 Å². The topological polar surface area (TPSA) is 0 Å². The van der Waals surface area contributed by atoms with Gasteiger partial charge in [0.2, 0.25) is 0 Å². The van der Waals surface area contributed by atoms with Crippen LogP contribution in [0.15, 0.2) is 0 Å². The van der Waals surface area contributed by atoms with Crippen LogP contribution in [0.2, 0.25) is 0 Å². The lowest BCUT2D eigenvalue weighted by Gasteiger charge is -2.45. The van der Waals surface area contributed by atoms with Crippen molar-refractivity contribution in [2.24, 2.45) is 0 Å². The number of thiol groups is 3. The van der Waals surface area contributed by atoms with E-state index in [1.165, 1.54) is 0 Å². The second kappa shape index (κ2) is 4.58. The second-order valence-electron chi connectivity index (χ2n) is 2.97. The quantitative estimate of drug-likeness (QED) is 0.479. The summed E-state index contributed by atoms with van der Waals surface area (Å²) in [7, 11) is -0.966. The molecule has 0 bridgehead atoms. The smallest absolute Gasteiger partial charge is 0.0381 e. The summed E-state index contributed by atoms with van der Waals surface area (Å²) in [4.78, 5) is 0. The average molecular weight is 230 g/mol. The molecule has 0 spiro atoms. The van der Waals surface area contributed by atoms with Gasteiger partial charge in [0.1, 0.15) is 0 Å². The summed E-state index contributed by atoms with van der Waals surface area (Å²) in [5.74, 6) is 0. The van der Waals surface area contributed by atoms with Gasteiger partial charge in [0.15, 0.2) is 0 Å². The van der Waals surface area contributed by atoms with Crippen molar-refractivity contribution in [3.8, 4) is 0 Å². The monoisotopic (exact) mass is 230 g/mol. The first-order valence-electron chi connectivity index (χ1n) is 3.72. The molecular formula is C7H18S4. The minimum absolute atomic E-state index is 0.346. The van der Waals surface area contributed by atoms with Crippen LogP contribution in [0.4, 0.5) is 0 Å². The lowest BCUT2D eigenvalue weighted by atomic mass is 10.6. The van der Waals surface area contributed by atoms with E-state index in [9.17, 15) is 0 Å². The van der Waals surface area contributed by atoms with E-state index in [0.717, 1.165) is 0 Å². The van der Waals surface area contributed by atoms with Crippen molar-refractivity contribution in [1.82, 2.24) is 0 Å². The predicted octanol–water partition coefficient (Wildman–Crippen LogP) is 3.60. The van der Waals surface area contributed by atoms with Crippen molar-refractivity contribution in [1.29, 1.82) is 0 Å². The first-order valence-corrected chi connectivity index (χ1v) is 7.62. The predicted molar refractivity (Wildman–Crippen MR) is 68.6 cm³/mol. The minimum atomic E-state index is -0.966. The van der Waals surface area contributed by atoms with E-state index < -0.39 is 9.06 Å². The Hall–Kier alpha value is 1.40. The molecule has 0 fully saturated rings. The summed E-state index contributed by atoms with van der Waals surface area (Å²) in [6, 6.07) is 0.